The van der Waals surface area contributed by atoms with Crippen LogP contribution >= 0.6 is 11.6 Å². The number of methoxy groups -OCH3 is 1. The minimum Gasteiger partial charge on any atom is -0.464 e. The maximum atomic E-state index is 11.5. The summed E-state index contributed by atoms with van der Waals surface area (Å²) in [5.41, 5.74) is 1.76. The first kappa shape index (κ1) is 11.7. The van der Waals surface area contributed by atoms with Crippen LogP contribution in [-0.4, -0.2) is 25.1 Å². The number of pyridine rings is 1. The van der Waals surface area contributed by atoms with E-state index in [1.165, 1.54) is 7.11 Å². The Labute approximate surface area is 104 Å². The van der Waals surface area contributed by atoms with Gasteiger partial charge in [-0.05, 0) is 24.3 Å². The zero-order chi connectivity index (χ0) is 12.4. The molecule has 1 heterocycles. The summed E-state index contributed by atoms with van der Waals surface area (Å²) in [6, 6.07) is 6.95. The number of aromatic nitrogens is 1. The smallest absolute Gasteiger partial charge is 0.356 e. The molecule has 0 aliphatic heterocycles. The summed E-state index contributed by atoms with van der Waals surface area (Å²) >= 11 is 5.93. The summed E-state index contributed by atoms with van der Waals surface area (Å²) in [7, 11) is 3.10. The molecule has 88 valence electrons. The molecule has 0 bridgehead atoms. The Morgan fingerprint density at radius 3 is 2.82 bits per heavy atom. The molecule has 0 fully saturated rings. The number of hydrogen-bond donors (Lipinski definition) is 1. The molecular formula is C12H11ClN2O2. The van der Waals surface area contributed by atoms with Crippen LogP contribution in [0.15, 0.2) is 24.3 Å². The summed E-state index contributed by atoms with van der Waals surface area (Å²) in [6.07, 6.45) is 0. The number of nitrogens with zero attached hydrogens (tertiary/aromatic N) is 1. The summed E-state index contributed by atoms with van der Waals surface area (Å²) < 4.78 is 4.65. The van der Waals surface area contributed by atoms with Gasteiger partial charge in [0.05, 0.1) is 12.6 Å². The van der Waals surface area contributed by atoms with Crippen molar-refractivity contribution in [2.24, 2.45) is 0 Å². The van der Waals surface area contributed by atoms with Crippen molar-refractivity contribution in [2.45, 2.75) is 0 Å². The molecule has 5 heteroatoms. The molecule has 0 aliphatic carbocycles. The van der Waals surface area contributed by atoms with E-state index in [1.807, 2.05) is 0 Å². The monoisotopic (exact) mass is 250 g/mol. The standard InChI is InChI=1S/C12H11ClN2O2/c1-14-10-6-11(12(16)17-2)15-9-4-3-7(13)5-8(9)10/h3-6H,1-2H3,(H,14,15). The molecule has 0 saturated heterocycles. The van der Waals surface area contributed by atoms with Gasteiger partial charge in [-0.2, -0.15) is 0 Å². The second kappa shape index (κ2) is 4.59. The highest BCUT2D eigenvalue weighted by Crippen LogP contribution is 2.26. The molecule has 2 rings (SSSR count). The fraction of sp³-hybridized carbons (Fsp3) is 0.167. The number of anilines is 1. The number of ether oxygens (including phenoxy) is 1. The fourth-order valence-electron chi connectivity index (χ4n) is 1.61. The molecule has 1 aromatic carbocycles. The number of nitrogens with one attached hydrogen (secondary N) is 1. The first-order chi connectivity index (χ1) is 8.15. The number of rotatable bonds is 2. The van der Waals surface area contributed by atoms with Crippen molar-refractivity contribution >= 4 is 34.2 Å². The molecular weight excluding hydrogens is 240 g/mol. The predicted molar refractivity (Wildman–Crippen MR) is 67.6 cm³/mol. The number of fused-ring (bicyclic) bond motifs is 1. The highest BCUT2D eigenvalue weighted by Gasteiger charge is 2.11. The maximum Gasteiger partial charge on any atom is 0.356 e. The van der Waals surface area contributed by atoms with Crippen LogP contribution in [0.4, 0.5) is 5.69 Å². The van der Waals surface area contributed by atoms with Gasteiger partial charge in [0.1, 0.15) is 0 Å². The van der Waals surface area contributed by atoms with Gasteiger partial charge in [-0.25, -0.2) is 9.78 Å². The van der Waals surface area contributed by atoms with Crippen LogP contribution < -0.4 is 5.32 Å². The van der Waals surface area contributed by atoms with Gasteiger partial charge in [-0.1, -0.05) is 11.6 Å². The van der Waals surface area contributed by atoms with Crippen LogP contribution in [-0.2, 0) is 4.74 Å². The zero-order valence-electron chi connectivity index (χ0n) is 9.45. The third kappa shape index (κ3) is 2.17. The number of halogens is 1. The summed E-state index contributed by atoms with van der Waals surface area (Å²) in [4.78, 5) is 15.7. The van der Waals surface area contributed by atoms with Crippen molar-refractivity contribution in [3.63, 3.8) is 0 Å². The van der Waals surface area contributed by atoms with Gasteiger partial charge >= 0.3 is 5.97 Å². The van der Waals surface area contributed by atoms with Gasteiger partial charge in [0.2, 0.25) is 0 Å². The third-order valence-electron chi connectivity index (χ3n) is 2.43. The van der Waals surface area contributed by atoms with Crippen LogP contribution in [0.1, 0.15) is 10.5 Å². The van der Waals surface area contributed by atoms with E-state index < -0.39 is 5.97 Å². The Bertz CT molecular complexity index is 584. The van der Waals surface area contributed by atoms with E-state index in [9.17, 15) is 4.79 Å². The number of hydrogen-bond acceptors (Lipinski definition) is 4. The Morgan fingerprint density at radius 2 is 2.18 bits per heavy atom. The topological polar surface area (TPSA) is 51.2 Å². The lowest BCUT2D eigenvalue weighted by atomic mass is 10.1. The quantitative estimate of drug-likeness (QED) is 0.833. The van der Waals surface area contributed by atoms with E-state index in [0.29, 0.717) is 10.5 Å². The number of esters is 1. The van der Waals surface area contributed by atoms with E-state index in [1.54, 1.807) is 31.3 Å². The van der Waals surface area contributed by atoms with Gasteiger partial charge in [0.25, 0.3) is 0 Å². The van der Waals surface area contributed by atoms with Crippen LogP contribution in [0.3, 0.4) is 0 Å². The second-order valence-corrected chi connectivity index (χ2v) is 3.89. The van der Waals surface area contributed by atoms with Crippen molar-refractivity contribution in [3.8, 4) is 0 Å². The van der Waals surface area contributed by atoms with Crippen molar-refractivity contribution in [2.75, 3.05) is 19.5 Å². The highest BCUT2D eigenvalue weighted by atomic mass is 35.5. The van der Waals surface area contributed by atoms with Crippen molar-refractivity contribution < 1.29 is 9.53 Å². The normalized spacial score (nSPS) is 10.3. The average molecular weight is 251 g/mol. The Kier molecular flexibility index (Phi) is 3.15. The molecule has 0 saturated carbocycles. The lowest BCUT2D eigenvalue weighted by molar-refractivity contribution is 0.0594. The van der Waals surface area contributed by atoms with Gasteiger partial charge in [0.15, 0.2) is 5.69 Å². The minimum absolute atomic E-state index is 0.270. The van der Waals surface area contributed by atoms with Crippen LogP contribution in [0.5, 0.6) is 0 Å². The third-order valence-corrected chi connectivity index (χ3v) is 2.67. The van der Waals surface area contributed by atoms with E-state index >= 15 is 0 Å². The molecule has 0 atom stereocenters. The SMILES string of the molecule is CNc1cc(C(=O)OC)nc2ccc(Cl)cc12. The average Bonchev–Trinajstić information content (AvgIpc) is 2.36. The number of benzene rings is 1. The highest BCUT2D eigenvalue weighted by molar-refractivity contribution is 6.31. The number of carbonyl (C=O) groups is 1. The van der Waals surface area contributed by atoms with Crippen LogP contribution in [0.2, 0.25) is 5.02 Å². The van der Waals surface area contributed by atoms with E-state index in [-0.39, 0.29) is 5.69 Å². The van der Waals surface area contributed by atoms with Crippen molar-refractivity contribution in [3.05, 3.63) is 35.0 Å². The van der Waals surface area contributed by atoms with Crippen molar-refractivity contribution in [1.82, 2.24) is 4.98 Å². The largest absolute Gasteiger partial charge is 0.464 e. The van der Waals surface area contributed by atoms with Gasteiger partial charge in [-0.3, -0.25) is 0 Å². The summed E-state index contributed by atoms with van der Waals surface area (Å²) in [5, 5.41) is 4.50. The molecule has 1 aromatic heterocycles. The molecule has 0 aliphatic rings. The first-order valence-electron chi connectivity index (χ1n) is 5.02. The molecule has 0 spiro atoms. The molecule has 0 amide bonds. The molecule has 1 N–H and O–H groups in total. The van der Waals surface area contributed by atoms with E-state index in [4.69, 9.17) is 11.6 Å². The minimum atomic E-state index is -0.460. The molecule has 17 heavy (non-hydrogen) atoms. The lowest BCUT2D eigenvalue weighted by Crippen LogP contribution is -2.05. The second-order valence-electron chi connectivity index (χ2n) is 3.46. The molecule has 4 nitrogen and oxygen atoms in total. The van der Waals surface area contributed by atoms with Crippen molar-refractivity contribution in [1.29, 1.82) is 0 Å². The van der Waals surface area contributed by atoms with E-state index in [2.05, 4.69) is 15.0 Å². The fourth-order valence-corrected chi connectivity index (χ4v) is 1.79. The lowest BCUT2D eigenvalue weighted by Gasteiger charge is -2.08. The van der Waals surface area contributed by atoms with Gasteiger partial charge in [0, 0.05) is 23.1 Å². The summed E-state index contributed by atoms with van der Waals surface area (Å²) in [5.74, 6) is -0.460. The molecule has 0 radical (unpaired) electrons. The first-order valence-corrected chi connectivity index (χ1v) is 5.40. The molecule has 2 aromatic rings. The predicted octanol–water partition coefficient (Wildman–Crippen LogP) is 2.72. The Morgan fingerprint density at radius 1 is 1.41 bits per heavy atom. The molecule has 0 unspecified atom stereocenters. The Balaban J connectivity index is 2.70. The van der Waals surface area contributed by atoms with Crippen LogP contribution in [0, 0.1) is 0 Å². The zero-order valence-corrected chi connectivity index (χ0v) is 10.2. The maximum absolute atomic E-state index is 11.5. The number of carbonyl (C=O) groups excluding carboxylic acids is 1. The Hall–Kier alpha value is -1.81. The van der Waals surface area contributed by atoms with E-state index in [0.717, 1.165) is 11.1 Å². The van der Waals surface area contributed by atoms with Gasteiger partial charge < -0.3 is 10.1 Å². The van der Waals surface area contributed by atoms with Crippen LogP contribution in [0.25, 0.3) is 10.9 Å². The summed E-state index contributed by atoms with van der Waals surface area (Å²) in [6.45, 7) is 0. The van der Waals surface area contributed by atoms with Gasteiger partial charge in [-0.15, -0.1) is 0 Å².